The van der Waals surface area contributed by atoms with Gasteiger partial charge in [0, 0.05) is 0 Å². The second-order valence-electron chi connectivity index (χ2n) is 8.07. The average Bonchev–Trinajstić information content (AvgIpc) is 2.46. The largest absolute Gasteiger partial charge is 0.481 e. The molecule has 0 aromatic heterocycles. The van der Waals surface area contributed by atoms with Crippen molar-refractivity contribution in [1.82, 2.24) is 0 Å². The van der Waals surface area contributed by atoms with Crippen molar-refractivity contribution < 1.29 is 14.7 Å². The zero-order valence-electron chi connectivity index (χ0n) is 14.7. The van der Waals surface area contributed by atoms with Crippen LogP contribution in [0.2, 0.25) is 0 Å². The Bertz CT molecular complexity index is 533. The van der Waals surface area contributed by atoms with Crippen LogP contribution >= 0.6 is 0 Å². The monoisotopic (exact) mass is 318 g/mol. The lowest BCUT2D eigenvalue weighted by atomic mass is 9.46. The van der Waals surface area contributed by atoms with Gasteiger partial charge in [0.1, 0.15) is 6.29 Å². The first-order chi connectivity index (χ1) is 10.8. The number of fused-ring (bicyclic) bond motifs is 1. The van der Waals surface area contributed by atoms with Gasteiger partial charge in [0.05, 0.1) is 5.41 Å². The van der Waals surface area contributed by atoms with Crippen LogP contribution < -0.4 is 0 Å². The number of carbonyl (C=O) groups excluding carboxylic acids is 1. The Balaban J connectivity index is 2.27. The van der Waals surface area contributed by atoms with E-state index >= 15 is 0 Å². The Labute approximate surface area is 139 Å². The van der Waals surface area contributed by atoms with E-state index in [1.165, 1.54) is 5.57 Å². The van der Waals surface area contributed by atoms with Crippen molar-refractivity contribution in [2.45, 2.75) is 65.7 Å². The molecule has 2 aliphatic carbocycles. The molecule has 0 spiro atoms. The third-order valence-corrected chi connectivity index (χ3v) is 6.69. The van der Waals surface area contributed by atoms with Crippen LogP contribution in [0.1, 0.15) is 65.7 Å². The zero-order valence-corrected chi connectivity index (χ0v) is 14.7. The first-order valence-corrected chi connectivity index (χ1v) is 8.77. The Morgan fingerprint density at radius 3 is 2.70 bits per heavy atom. The normalized spacial score (nSPS) is 38.0. The van der Waals surface area contributed by atoms with E-state index in [1.54, 1.807) is 6.08 Å². The zero-order chi connectivity index (χ0) is 17.3. The maximum absolute atomic E-state index is 11.9. The molecule has 0 aliphatic heterocycles. The molecule has 2 saturated carbocycles. The van der Waals surface area contributed by atoms with Gasteiger partial charge in [-0.3, -0.25) is 9.59 Å². The van der Waals surface area contributed by atoms with Crippen LogP contribution in [0.5, 0.6) is 0 Å². The molecule has 0 bridgehead atoms. The Morgan fingerprint density at radius 2 is 2.09 bits per heavy atom. The van der Waals surface area contributed by atoms with Gasteiger partial charge in [-0.05, 0) is 75.7 Å². The molecular weight excluding hydrogens is 288 g/mol. The first kappa shape index (κ1) is 18.0. The van der Waals surface area contributed by atoms with Gasteiger partial charge in [-0.25, -0.2) is 0 Å². The van der Waals surface area contributed by atoms with Crippen LogP contribution in [0.25, 0.3) is 0 Å². The number of carboxylic acid groups (broad SMARTS) is 1. The molecule has 0 aromatic carbocycles. The maximum atomic E-state index is 11.9. The van der Waals surface area contributed by atoms with Gasteiger partial charge in [0.2, 0.25) is 0 Å². The molecule has 0 radical (unpaired) electrons. The minimum atomic E-state index is -0.642. The van der Waals surface area contributed by atoms with Crippen LogP contribution in [0.15, 0.2) is 23.8 Å². The molecule has 128 valence electrons. The van der Waals surface area contributed by atoms with Crippen molar-refractivity contribution in [2.75, 3.05) is 0 Å². The SMILES string of the molecule is C=C1CC[C@@H]2[C@](C)(CCC[C@]2(C)C(=O)O)[C@H]1CC/C(C)=C\C=O. The Hall–Kier alpha value is -1.38. The fourth-order valence-corrected chi connectivity index (χ4v) is 5.31. The molecule has 3 heteroatoms. The summed E-state index contributed by atoms with van der Waals surface area (Å²) in [6, 6.07) is 0. The van der Waals surface area contributed by atoms with Gasteiger partial charge in [0.25, 0.3) is 0 Å². The highest BCUT2D eigenvalue weighted by Gasteiger charge is 2.57. The number of carbonyl (C=O) groups is 2. The molecule has 0 unspecified atom stereocenters. The molecule has 2 fully saturated rings. The van der Waals surface area contributed by atoms with Gasteiger partial charge >= 0.3 is 5.97 Å². The number of carboxylic acids is 1. The van der Waals surface area contributed by atoms with Crippen molar-refractivity contribution in [3.8, 4) is 0 Å². The van der Waals surface area contributed by atoms with E-state index in [4.69, 9.17) is 0 Å². The third-order valence-electron chi connectivity index (χ3n) is 6.69. The number of aliphatic carboxylic acids is 1. The molecule has 1 N–H and O–H groups in total. The number of allylic oxidation sites excluding steroid dienone is 3. The summed E-state index contributed by atoms with van der Waals surface area (Å²) in [6.07, 6.45) is 9.05. The topological polar surface area (TPSA) is 54.4 Å². The van der Waals surface area contributed by atoms with Crippen LogP contribution in [-0.4, -0.2) is 17.4 Å². The summed E-state index contributed by atoms with van der Waals surface area (Å²) in [5.74, 6) is -0.0703. The number of hydrogen-bond acceptors (Lipinski definition) is 2. The van der Waals surface area contributed by atoms with Gasteiger partial charge in [-0.2, -0.15) is 0 Å². The van der Waals surface area contributed by atoms with E-state index in [1.807, 2.05) is 13.8 Å². The van der Waals surface area contributed by atoms with E-state index in [9.17, 15) is 14.7 Å². The van der Waals surface area contributed by atoms with Crippen molar-refractivity contribution in [3.05, 3.63) is 23.8 Å². The van der Waals surface area contributed by atoms with E-state index in [0.717, 1.165) is 56.8 Å². The summed E-state index contributed by atoms with van der Waals surface area (Å²) >= 11 is 0. The van der Waals surface area contributed by atoms with Crippen LogP contribution in [0.3, 0.4) is 0 Å². The molecular formula is C20H30O3. The number of rotatable bonds is 5. The summed E-state index contributed by atoms with van der Waals surface area (Å²) in [4.78, 5) is 22.6. The second-order valence-corrected chi connectivity index (χ2v) is 8.07. The van der Waals surface area contributed by atoms with E-state index in [-0.39, 0.29) is 11.3 Å². The molecule has 0 aromatic rings. The third kappa shape index (κ3) is 3.15. The molecule has 3 nitrogen and oxygen atoms in total. The molecule has 2 aliphatic rings. The van der Waals surface area contributed by atoms with Crippen LogP contribution in [0, 0.1) is 22.7 Å². The Morgan fingerprint density at radius 1 is 1.39 bits per heavy atom. The van der Waals surface area contributed by atoms with Crippen molar-refractivity contribution in [3.63, 3.8) is 0 Å². The van der Waals surface area contributed by atoms with E-state index in [0.29, 0.717) is 5.92 Å². The van der Waals surface area contributed by atoms with E-state index < -0.39 is 11.4 Å². The van der Waals surface area contributed by atoms with Crippen molar-refractivity contribution >= 4 is 12.3 Å². The standard InChI is InChI=1S/C20H30O3/c1-14(10-13-21)6-8-16-15(2)7-9-17-19(16,3)11-5-12-20(17,4)18(22)23/h10,13,16-17H,2,5-9,11-12H2,1,3-4H3,(H,22,23)/b14-10-/t16-,17+,19+,20-/m0/s1. The predicted molar refractivity (Wildman–Crippen MR) is 92.1 cm³/mol. The molecule has 2 rings (SSSR count). The van der Waals surface area contributed by atoms with Gasteiger partial charge in [-0.15, -0.1) is 0 Å². The number of hydrogen-bond donors (Lipinski definition) is 1. The van der Waals surface area contributed by atoms with E-state index in [2.05, 4.69) is 13.5 Å². The fourth-order valence-electron chi connectivity index (χ4n) is 5.31. The lowest BCUT2D eigenvalue weighted by Gasteiger charge is -2.57. The highest BCUT2D eigenvalue weighted by atomic mass is 16.4. The average molecular weight is 318 g/mol. The van der Waals surface area contributed by atoms with Crippen molar-refractivity contribution in [2.24, 2.45) is 22.7 Å². The van der Waals surface area contributed by atoms with Crippen LogP contribution in [0.4, 0.5) is 0 Å². The summed E-state index contributed by atoms with van der Waals surface area (Å²) in [5, 5.41) is 9.82. The molecule has 0 saturated heterocycles. The molecule has 0 heterocycles. The summed E-state index contributed by atoms with van der Waals surface area (Å²) in [6.45, 7) is 10.5. The Kier molecular flexibility index (Phi) is 5.17. The van der Waals surface area contributed by atoms with Gasteiger partial charge < -0.3 is 5.11 Å². The first-order valence-electron chi connectivity index (χ1n) is 8.77. The fraction of sp³-hybridized carbons (Fsp3) is 0.700. The second kappa shape index (κ2) is 6.62. The lowest BCUT2D eigenvalue weighted by Crippen LogP contribution is -2.53. The molecule has 23 heavy (non-hydrogen) atoms. The summed E-state index contributed by atoms with van der Waals surface area (Å²) in [7, 11) is 0. The van der Waals surface area contributed by atoms with Gasteiger partial charge in [0.15, 0.2) is 0 Å². The van der Waals surface area contributed by atoms with Crippen molar-refractivity contribution in [1.29, 1.82) is 0 Å². The smallest absolute Gasteiger partial charge is 0.309 e. The minimum absolute atomic E-state index is 0.0161. The predicted octanol–water partition coefficient (Wildman–Crippen LogP) is 4.78. The highest BCUT2D eigenvalue weighted by Crippen LogP contribution is 2.62. The van der Waals surface area contributed by atoms with Crippen LogP contribution in [-0.2, 0) is 9.59 Å². The highest BCUT2D eigenvalue weighted by molar-refractivity contribution is 5.75. The molecule has 0 amide bonds. The number of aldehydes is 1. The van der Waals surface area contributed by atoms with Gasteiger partial charge in [-0.1, -0.05) is 31.1 Å². The lowest BCUT2D eigenvalue weighted by molar-refractivity contribution is -0.164. The molecule has 4 atom stereocenters. The maximum Gasteiger partial charge on any atom is 0.309 e. The summed E-state index contributed by atoms with van der Waals surface area (Å²) < 4.78 is 0. The quantitative estimate of drug-likeness (QED) is 0.451. The minimum Gasteiger partial charge on any atom is -0.481 e. The summed E-state index contributed by atoms with van der Waals surface area (Å²) in [5.41, 5.74) is 1.77.